The van der Waals surface area contributed by atoms with Crippen LogP contribution in [0.25, 0.3) is 10.9 Å². The zero-order valence-electron chi connectivity index (χ0n) is 9.86. The highest BCUT2D eigenvalue weighted by atomic mass is 16.5. The van der Waals surface area contributed by atoms with Gasteiger partial charge in [0.15, 0.2) is 0 Å². The van der Waals surface area contributed by atoms with E-state index in [-0.39, 0.29) is 6.04 Å². The number of rotatable bonds is 2. The summed E-state index contributed by atoms with van der Waals surface area (Å²) in [6.07, 6.45) is 4.20. The van der Waals surface area contributed by atoms with E-state index in [0.29, 0.717) is 5.92 Å². The maximum atomic E-state index is 6.40. The molecule has 1 aliphatic rings. The van der Waals surface area contributed by atoms with E-state index in [2.05, 4.69) is 29.4 Å². The normalized spacial score (nSPS) is 19.6. The van der Waals surface area contributed by atoms with Crippen molar-refractivity contribution in [3.63, 3.8) is 0 Å². The van der Waals surface area contributed by atoms with Crippen molar-refractivity contribution in [2.24, 2.45) is 11.7 Å². The van der Waals surface area contributed by atoms with E-state index in [0.717, 1.165) is 26.1 Å². The molecule has 17 heavy (non-hydrogen) atoms. The minimum Gasteiger partial charge on any atom is -0.381 e. The van der Waals surface area contributed by atoms with Crippen molar-refractivity contribution < 1.29 is 4.74 Å². The fourth-order valence-corrected chi connectivity index (χ4v) is 2.70. The molecule has 0 amide bonds. The Balaban J connectivity index is 1.92. The van der Waals surface area contributed by atoms with Crippen LogP contribution in [0.2, 0.25) is 0 Å². The van der Waals surface area contributed by atoms with Gasteiger partial charge in [-0.25, -0.2) is 0 Å². The number of nitrogens with one attached hydrogen (secondary N) is 1. The van der Waals surface area contributed by atoms with Gasteiger partial charge >= 0.3 is 0 Å². The van der Waals surface area contributed by atoms with Crippen LogP contribution in [0.5, 0.6) is 0 Å². The zero-order valence-corrected chi connectivity index (χ0v) is 9.86. The fourth-order valence-electron chi connectivity index (χ4n) is 2.70. The van der Waals surface area contributed by atoms with Gasteiger partial charge in [0.05, 0.1) is 0 Å². The summed E-state index contributed by atoms with van der Waals surface area (Å²) in [5, 5.41) is 1.26. The van der Waals surface area contributed by atoms with Crippen LogP contribution in [0.1, 0.15) is 24.4 Å². The molecule has 90 valence electrons. The number of benzene rings is 1. The molecule has 1 aliphatic heterocycles. The number of aromatic nitrogens is 1. The molecule has 1 aromatic heterocycles. The van der Waals surface area contributed by atoms with Crippen LogP contribution in [0.3, 0.4) is 0 Å². The Kier molecular flexibility index (Phi) is 2.87. The Morgan fingerprint density at radius 1 is 1.24 bits per heavy atom. The number of ether oxygens (including phenoxy) is 1. The van der Waals surface area contributed by atoms with Crippen molar-refractivity contribution >= 4 is 10.9 Å². The second-order valence-corrected chi connectivity index (χ2v) is 4.77. The summed E-state index contributed by atoms with van der Waals surface area (Å²) in [4.78, 5) is 3.30. The zero-order chi connectivity index (χ0) is 11.7. The van der Waals surface area contributed by atoms with Crippen molar-refractivity contribution in [2.75, 3.05) is 13.2 Å². The second-order valence-electron chi connectivity index (χ2n) is 4.77. The van der Waals surface area contributed by atoms with Gasteiger partial charge in [0, 0.05) is 36.4 Å². The third-order valence-corrected chi connectivity index (χ3v) is 3.75. The molecule has 3 nitrogen and oxygen atoms in total. The standard InChI is InChI=1S/C14H18N2O/c15-14(10-5-7-17-8-6-10)12-9-16-13-4-2-1-3-11(12)13/h1-4,9-10,14,16H,5-8,15H2/t14-/m0/s1. The lowest BCUT2D eigenvalue weighted by atomic mass is 9.88. The summed E-state index contributed by atoms with van der Waals surface area (Å²) in [6.45, 7) is 1.70. The fraction of sp³-hybridized carbons (Fsp3) is 0.429. The molecule has 0 saturated carbocycles. The van der Waals surface area contributed by atoms with Gasteiger partial charge < -0.3 is 15.5 Å². The lowest BCUT2D eigenvalue weighted by molar-refractivity contribution is 0.0585. The highest BCUT2D eigenvalue weighted by Gasteiger charge is 2.23. The molecule has 1 atom stereocenters. The Morgan fingerprint density at radius 3 is 2.82 bits per heavy atom. The molecule has 3 N–H and O–H groups in total. The molecule has 0 bridgehead atoms. The summed E-state index contributed by atoms with van der Waals surface area (Å²) in [6, 6.07) is 8.46. The number of hydrogen-bond donors (Lipinski definition) is 2. The Bertz CT molecular complexity index is 500. The van der Waals surface area contributed by atoms with Crippen molar-refractivity contribution in [2.45, 2.75) is 18.9 Å². The number of H-pyrrole nitrogens is 1. The molecular weight excluding hydrogens is 212 g/mol. The second kappa shape index (κ2) is 4.51. The van der Waals surface area contributed by atoms with Gasteiger partial charge in [-0.15, -0.1) is 0 Å². The van der Waals surface area contributed by atoms with Crippen molar-refractivity contribution in [1.82, 2.24) is 4.98 Å². The smallest absolute Gasteiger partial charge is 0.0469 e. The first kappa shape index (κ1) is 10.8. The van der Waals surface area contributed by atoms with Crippen LogP contribution in [-0.4, -0.2) is 18.2 Å². The van der Waals surface area contributed by atoms with E-state index in [1.807, 2.05) is 6.07 Å². The highest BCUT2D eigenvalue weighted by Crippen LogP contribution is 2.32. The molecule has 0 spiro atoms. The number of hydrogen-bond acceptors (Lipinski definition) is 2. The predicted octanol–water partition coefficient (Wildman–Crippen LogP) is 2.59. The van der Waals surface area contributed by atoms with Gasteiger partial charge in [-0.05, 0) is 30.4 Å². The molecule has 3 rings (SSSR count). The predicted molar refractivity (Wildman–Crippen MR) is 68.8 cm³/mol. The third-order valence-electron chi connectivity index (χ3n) is 3.75. The number of aromatic amines is 1. The summed E-state index contributed by atoms with van der Waals surface area (Å²) >= 11 is 0. The van der Waals surface area contributed by atoms with Crippen LogP contribution in [0, 0.1) is 5.92 Å². The monoisotopic (exact) mass is 230 g/mol. The third kappa shape index (κ3) is 1.96. The van der Waals surface area contributed by atoms with E-state index < -0.39 is 0 Å². The lowest BCUT2D eigenvalue weighted by Gasteiger charge is -2.27. The quantitative estimate of drug-likeness (QED) is 0.833. The van der Waals surface area contributed by atoms with Gasteiger partial charge in [-0.1, -0.05) is 18.2 Å². The number of para-hydroxylation sites is 1. The van der Waals surface area contributed by atoms with Gasteiger partial charge in [-0.2, -0.15) is 0 Å². The van der Waals surface area contributed by atoms with Crippen molar-refractivity contribution in [3.05, 3.63) is 36.0 Å². The first-order valence-electron chi connectivity index (χ1n) is 6.25. The van der Waals surface area contributed by atoms with Gasteiger partial charge in [0.25, 0.3) is 0 Å². The minimum absolute atomic E-state index is 0.120. The molecule has 3 heteroatoms. The van der Waals surface area contributed by atoms with E-state index in [1.165, 1.54) is 16.5 Å². The summed E-state index contributed by atoms with van der Waals surface area (Å²) in [5.41, 5.74) is 8.82. The largest absolute Gasteiger partial charge is 0.381 e. The van der Waals surface area contributed by atoms with Crippen LogP contribution < -0.4 is 5.73 Å². The molecular formula is C14H18N2O. The van der Waals surface area contributed by atoms with Crippen LogP contribution in [0.15, 0.2) is 30.5 Å². The maximum Gasteiger partial charge on any atom is 0.0469 e. The van der Waals surface area contributed by atoms with E-state index in [4.69, 9.17) is 10.5 Å². The lowest BCUT2D eigenvalue weighted by Crippen LogP contribution is -2.27. The Labute approximate surface area is 101 Å². The summed E-state index contributed by atoms with van der Waals surface area (Å²) in [5.74, 6) is 0.544. The summed E-state index contributed by atoms with van der Waals surface area (Å²) < 4.78 is 5.39. The molecule has 1 fully saturated rings. The molecule has 0 aliphatic carbocycles. The maximum absolute atomic E-state index is 6.40. The molecule has 1 aromatic carbocycles. The van der Waals surface area contributed by atoms with Crippen molar-refractivity contribution in [3.8, 4) is 0 Å². The molecule has 1 saturated heterocycles. The SMILES string of the molecule is N[C@H](c1c[nH]c2ccccc12)C1CCOCC1. The van der Waals surface area contributed by atoms with Crippen LogP contribution in [-0.2, 0) is 4.74 Å². The van der Waals surface area contributed by atoms with E-state index >= 15 is 0 Å². The van der Waals surface area contributed by atoms with Crippen LogP contribution >= 0.6 is 0 Å². The topological polar surface area (TPSA) is 51.0 Å². The average molecular weight is 230 g/mol. The first-order valence-corrected chi connectivity index (χ1v) is 6.25. The Hall–Kier alpha value is -1.32. The van der Waals surface area contributed by atoms with E-state index in [1.54, 1.807) is 0 Å². The van der Waals surface area contributed by atoms with Gasteiger partial charge in [0.2, 0.25) is 0 Å². The molecule has 0 unspecified atom stereocenters. The average Bonchev–Trinajstić information content (AvgIpc) is 2.83. The van der Waals surface area contributed by atoms with Gasteiger partial charge in [0.1, 0.15) is 0 Å². The minimum atomic E-state index is 0.120. The molecule has 2 heterocycles. The molecule has 2 aromatic rings. The Morgan fingerprint density at radius 2 is 2.00 bits per heavy atom. The highest BCUT2D eigenvalue weighted by molar-refractivity contribution is 5.83. The van der Waals surface area contributed by atoms with Crippen LogP contribution in [0.4, 0.5) is 0 Å². The molecule has 0 radical (unpaired) electrons. The number of nitrogens with two attached hydrogens (primary N) is 1. The van der Waals surface area contributed by atoms with Gasteiger partial charge in [-0.3, -0.25) is 0 Å². The first-order chi connectivity index (χ1) is 8.36. The number of fused-ring (bicyclic) bond motifs is 1. The summed E-state index contributed by atoms with van der Waals surface area (Å²) in [7, 11) is 0. The van der Waals surface area contributed by atoms with E-state index in [9.17, 15) is 0 Å². The van der Waals surface area contributed by atoms with Crippen molar-refractivity contribution in [1.29, 1.82) is 0 Å².